The second-order valence-electron chi connectivity index (χ2n) is 5.98. The number of carbonyl (C=O) groups excluding carboxylic acids is 2. The molecule has 2 fully saturated rings. The van der Waals surface area contributed by atoms with Gasteiger partial charge >= 0.3 is 6.09 Å². The van der Waals surface area contributed by atoms with Crippen LogP contribution in [0.15, 0.2) is 30.3 Å². The van der Waals surface area contributed by atoms with Gasteiger partial charge in [-0.1, -0.05) is 36.8 Å². The molecule has 0 N–H and O–H groups in total. The lowest BCUT2D eigenvalue weighted by Gasteiger charge is -2.26. The summed E-state index contributed by atoms with van der Waals surface area (Å²) < 4.78 is 4.89. The van der Waals surface area contributed by atoms with Gasteiger partial charge in [-0.15, -0.1) is 0 Å². The Balaban J connectivity index is 1.64. The lowest BCUT2D eigenvalue weighted by molar-refractivity contribution is -0.131. The average molecular weight is 302 g/mol. The minimum absolute atomic E-state index is 0.0293. The summed E-state index contributed by atoms with van der Waals surface area (Å²) in [5.41, 5.74) is 1.29. The van der Waals surface area contributed by atoms with Crippen molar-refractivity contribution in [1.82, 2.24) is 9.80 Å². The van der Waals surface area contributed by atoms with E-state index in [2.05, 4.69) is 12.1 Å². The van der Waals surface area contributed by atoms with Gasteiger partial charge in [0, 0.05) is 19.0 Å². The van der Waals surface area contributed by atoms with E-state index in [9.17, 15) is 9.59 Å². The topological polar surface area (TPSA) is 49.9 Å². The molecule has 2 heterocycles. The van der Waals surface area contributed by atoms with Crippen molar-refractivity contribution < 1.29 is 14.3 Å². The first-order valence-electron chi connectivity index (χ1n) is 7.98. The summed E-state index contributed by atoms with van der Waals surface area (Å²) in [4.78, 5) is 27.4. The molecular formula is C17H22N2O3. The van der Waals surface area contributed by atoms with Crippen LogP contribution < -0.4 is 0 Å². The highest BCUT2D eigenvalue weighted by atomic mass is 16.6. The molecule has 0 aromatic heterocycles. The number of amides is 2. The number of cyclic esters (lactones) is 1. The van der Waals surface area contributed by atoms with Crippen molar-refractivity contribution in [2.24, 2.45) is 0 Å². The fraction of sp³-hybridized carbons (Fsp3) is 0.529. The van der Waals surface area contributed by atoms with Gasteiger partial charge in [-0.3, -0.25) is 9.69 Å². The molecule has 0 bridgehead atoms. The van der Waals surface area contributed by atoms with Gasteiger partial charge in [0.2, 0.25) is 5.91 Å². The van der Waals surface area contributed by atoms with Gasteiger partial charge in [-0.05, 0) is 18.4 Å². The summed E-state index contributed by atoms with van der Waals surface area (Å²) in [5, 5.41) is 0. The Kier molecular flexibility index (Phi) is 4.61. The fourth-order valence-corrected chi connectivity index (χ4v) is 3.20. The molecule has 118 valence electrons. The monoisotopic (exact) mass is 302 g/mol. The number of ether oxygens (including phenoxy) is 1. The number of hydrogen-bond donors (Lipinski definition) is 0. The molecule has 1 aromatic carbocycles. The zero-order valence-electron chi connectivity index (χ0n) is 12.7. The summed E-state index contributed by atoms with van der Waals surface area (Å²) in [6.45, 7) is 2.57. The molecule has 2 saturated heterocycles. The third-order valence-corrected chi connectivity index (χ3v) is 4.47. The molecule has 2 amide bonds. The number of benzene rings is 1. The lowest BCUT2D eigenvalue weighted by atomic mass is 9.94. The smallest absolute Gasteiger partial charge is 0.410 e. The van der Waals surface area contributed by atoms with Crippen molar-refractivity contribution in [3.05, 3.63) is 35.9 Å². The first-order chi connectivity index (χ1) is 10.7. The van der Waals surface area contributed by atoms with Crippen LogP contribution in [0.1, 0.15) is 30.7 Å². The van der Waals surface area contributed by atoms with E-state index in [0.717, 1.165) is 32.4 Å². The number of carbonyl (C=O) groups is 2. The standard InChI is InChI=1S/C17H22N2O3/c20-16(13-19-10-11-22-17(19)21)18-9-5-4-8-15(12-18)14-6-2-1-3-7-14/h1-3,6-7,15H,4-5,8-13H2. The van der Waals surface area contributed by atoms with Crippen LogP contribution in [0, 0.1) is 0 Å². The third-order valence-electron chi connectivity index (χ3n) is 4.47. The van der Waals surface area contributed by atoms with Crippen LogP contribution >= 0.6 is 0 Å². The van der Waals surface area contributed by atoms with Crippen LogP contribution in [0.4, 0.5) is 4.79 Å². The minimum Gasteiger partial charge on any atom is -0.448 e. The van der Waals surface area contributed by atoms with E-state index in [-0.39, 0.29) is 18.5 Å². The first kappa shape index (κ1) is 14.9. The maximum absolute atomic E-state index is 12.5. The van der Waals surface area contributed by atoms with Gasteiger partial charge in [-0.25, -0.2) is 4.79 Å². The van der Waals surface area contributed by atoms with Crippen molar-refractivity contribution in [1.29, 1.82) is 0 Å². The summed E-state index contributed by atoms with van der Waals surface area (Å²) in [7, 11) is 0. The normalized spacial score (nSPS) is 22.4. The summed E-state index contributed by atoms with van der Waals surface area (Å²) >= 11 is 0. The molecule has 5 nitrogen and oxygen atoms in total. The first-order valence-corrected chi connectivity index (χ1v) is 7.98. The van der Waals surface area contributed by atoms with Gasteiger partial charge in [0.1, 0.15) is 13.2 Å². The quantitative estimate of drug-likeness (QED) is 0.860. The Morgan fingerprint density at radius 1 is 1.18 bits per heavy atom. The fourth-order valence-electron chi connectivity index (χ4n) is 3.20. The van der Waals surface area contributed by atoms with Crippen LogP contribution in [0.3, 0.4) is 0 Å². The minimum atomic E-state index is -0.372. The molecule has 1 aromatic rings. The molecular weight excluding hydrogens is 280 g/mol. The predicted molar refractivity (Wildman–Crippen MR) is 82.5 cm³/mol. The van der Waals surface area contributed by atoms with E-state index in [1.54, 1.807) is 0 Å². The van der Waals surface area contributed by atoms with E-state index in [1.165, 1.54) is 10.5 Å². The highest BCUT2D eigenvalue weighted by Crippen LogP contribution is 2.26. The second-order valence-corrected chi connectivity index (χ2v) is 5.98. The largest absolute Gasteiger partial charge is 0.448 e. The number of hydrogen-bond acceptors (Lipinski definition) is 3. The van der Waals surface area contributed by atoms with E-state index in [0.29, 0.717) is 19.1 Å². The van der Waals surface area contributed by atoms with Crippen LogP contribution in [0.25, 0.3) is 0 Å². The third kappa shape index (κ3) is 3.40. The van der Waals surface area contributed by atoms with Gasteiger partial charge < -0.3 is 9.64 Å². The molecule has 1 unspecified atom stereocenters. The molecule has 22 heavy (non-hydrogen) atoms. The Morgan fingerprint density at radius 2 is 2.00 bits per heavy atom. The molecule has 3 rings (SSSR count). The average Bonchev–Trinajstić information content (AvgIpc) is 2.80. The van der Waals surface area contributed by atoms with E-state index in [1.807, 2.05) is 23.1 Å². The second kappa shape index (κ2) is 6.81. The molecule has 0 saturated carbocycles. The SMILES string of the molecule is O=C(CN1CCOC1=O)N1CCCCC(c2ccccc2)C1. The zero-order chi connectivity index (χ0) is 15.4. The molecule has 2 aliphatic rings. The van der Waals surface area contributed by atoms with E-state index < -0.39 is 0 Å². The Morgan fingerprint density at radius 3 is 2.73 bits per heavy atom. The maximum Gasteiger partial charge on any atom is 0.410 e. The maximum atomic E-state index is 12.5. The van der Waals surface area contributed by atoms with E-state index in [4.69, 9.17) is 4.74 Å². The highest BCUT2D eigenvalue weighted by Gasteiger charge is 2.28. The van der Waals surface area contributed by atoms with Crippen molar-refractivity contribution in [3.8, 4) is 0 Å². The zero-order valence-corrected chi connectivity index (χ0v) is 12.7. The highest BCUT2D eigenvalue weighted by molar-refractivity contribution is 5.83. The summed E-state index contributed by atoms with van der Waals surface area (Å²) in [6, 6.07) is 10.4. The van der Waals surface area contributed by atoms with Gasteiger partial charge in [0.25, 0.3) is 0 Å². The molecule has 1 atom stereocenters. The number of likely N-dealkylation sites (tertiary alicyclic amines) is 1. The Labute approximate surface area is 130 Å². The summed E-state index contributed by atoms with van der Waals surface area (Å²) in [6.07, 6.45) is 2.90. The van der Waals surface area contributed by atoms with Crippen molar-refractivity contribution >= 4 is 12.0 Å². The number of nitrogens with zero attached hydrogens (tertiary/aromatic N) is 2. The molecule has 0 radical (unpaired) electrons. The summed E-state index contributed by atoms with van der Waals surface area (Å²) in [5.74, 6) is 0.417. The van der Waals surface area contributed by atoms with Crippen LogP contribution in [0.5, 0.6) is 0 Å². The molecule has 0 spiro atoms. The molecule has 2 aliphatic heterocycles. The van der Waals surface area contributed by atoms with E-state index >= 15 is 0 Å². The van der Waals surface area contributed by atoms with Gasteiger partial charge in [0.05, 0.1) is 6.54 Å². The van der Waals surface area contributed by atoms with Crippen LogP contribution in [0.2, 0.25) is 0 Å². The van der Waals surface area contributed by atoms with Crippen LogP contribution in [-0.2, 0) is 9.53 Å². The van der Waals surface area contributed by atoms with Crippen molar-refractivity contribution in [2.45, 2.75) is 25.2 Å². The number of rotatable bonds is 3. The van der Waals surface area contributed by atoms with Crippen LogP contribution in [-0.4, -0.2) is 54.6 Å². The van der Waals surface area contributed by atoms with Gasteiger partial charge in [0.15, 0.2) is 0 Å². The molecule has 5 heteroatoms. The predicted octanol–water partition coefficient (Wildman–Crippen LogP) is 2.23. The van der Waals surface area contributed by atoms with Gasteiger partial charge in [-0.2, -0.15) is 0 Å². The Hall–Kier alpha value is -2.04. The molecule has 0 aliphatic carbocycles. The van der Waals surface area contributed by atoms with Crippen molar-refractivity contribution in [2.75, 3.05) is 32.8 Å². The lowest BCUT2D eigenvalue weighted by Crippen LogP contribution is -2.42. The Bertz CT molecular complexity index is 532. The van der Waals surface area contributed by atoms with Crippen molar-refractivity contribution in [3.63, 3.8) is 0 Å².